The molecule has 2 aromatic heterocycles. The summed E-state index contributed by atoms with van der Waals surface area (Å²) < 4.78 is 29.0. The van der Waals surface area contributed by atoms with Gasteiger partial charge in [0.25, 0.3) is 0 Å². The van der Waals surface area contributed by atoms with Crippen LogP contribution in [0.2, 0.25) is 0 Å². The van der Waals surface area contributed by atoms with Crippen molar-refractivity contribution in [3.8, 4) is 22.5 Å². The van der Waals surface area contributed by atoms with Crippen LogP contribution in [-0.4, -0.2) is 13.4 Å². The van der Waals surface area contributed by atoms with Crippen LogP contribution in [0.3, 0.4) is 0 Å². The van der Waals surface area contributed by atoms with Gasteiger partial charge in [-0.3, -0.25) is 9.78 Å². The van der Waals surface area contributed by atoms with Crippen LogP contribution < -0.4 is 10.6 Å². The Morgan fingerprint density at radius 3 is 2.30 bits per heavy atom. The summed E-state index contributed by atoms with van der Waals surface area (Å²) in [6, 6.07) is 16.4. The van der Waals surface area contributed by atoms with E-state index in [1.54, 1.807) is 60.9 Å². The summed E-state index contributed by atoms with van der Waals surface area (Å²) in [4.78, 5) is 17.2. The van der Waals surface area contributed by atoms with Gasteiger partial charge in [0.1, 0.15) is 11.3 Å². The van der Waals surface area contributed by atoms with Gasteiger partial charge in [-0.05, 0) is 42.5 Å². The Balaban J connectivity index is 2.03. The molecule has 7 heteroatoms. The van der Waals surface area contributed by atoms with E-state index < -0.39 is 10.0 Å². The molecule has 0 aliphatic rings. The first-order valence-electron chi connectivity index (χ1n) is 8.04. The van der Waals surface area contributed by atoms with Crippen LogP contribution in [-0.2, 0) is 10.0 Å². The molecule has 134 valence electrons. The van der Waals surface area contributed by atoms with Gasteiger partial charge in [0.2, 0.25) is 15.5 Å². The summed E-state index contributed by atoms with van der Waals surface area (Å²) in [7, 11) is -3.81. The highest BCUT2D eigenvalue weighted by Gasteiger charge is 2.18. The second-order valence-electron chi connectivity index (χ2n) is 5.94. The van der Waals surface area contributed by atoms with E-state index in [4.69, 9.17) is 9.56 Å². The third kappa shape index (κ3) is 3.14. The molecule has 0 spiro atoms. The van der Waals surface area contributed by atoms with Gasteiger partial charge >= 0.3 is 0 Å². The van der Waals surface area contributed by atoms with Crippen molar-refractivity contribution >= 4 is 21.0 Å². The zero-order valence-electron chi connectivity index (χ0n) is 14.0. The number of hydrogen-bond donors (Lipinski definition) is 1. The molecule has 4 rings (SSSR count). The standard InChI is InChI=1S/C20H14N2O4S/c21-27(24,25)15-9-7-13(8-10-15)20-18(14-4-3-11-22-12-14)19(23)16-5-1-2-6-17(16)26-20/h1-12H,(H2,21,24,25). The van der Waals surface area contributed by atoms with E-state index in [0.29, 0.717) is 33.4 Å². The van der Waals surface area contributed by atoms with Gasteiger partial charge in [-0.15, -0.1) is 0 Å². The number of primary sulfonamides is 1. The highest BCUT2D eigenvalue weighted by atomic mass is 32.2. The molecule has 2 heterocycles. The van der Waals surface area contributed by atoms with Crippen LogP contribution in [0.4, 0.5) is 0 Å². The van der Waals surface area contributed by atoms with Crippen molar-refractivity contribution in [1.82, 2.24) is 4.98 Å². The number of rotatable bonds is 3. The largest absolute Gasteiger partial charge is 0.455 e. The van der Waals surface area contributed by atoms with E-state index in [1.807, 2.05) is 0 Å². The Bertz CT molecular complexity index is 1300. The molecule has 0 radical (unpaired) electrons. The van der Waals surface area contributed by atoms with Gasteiger partial charge in [-0.1, -0.05) is 18.2 Å². The van der Waals surface area contributed by atoms with Crippen molar-refractivity contribution in [2.75, 3.05) is 0 Å². The van der Waals surface area contributed by atoms with Gasteiger partial charge in [0.05, 0.1) is 15.8 Å². The number of nitrogens with zero attached hydrogens (tertiary/aromatic N) is 1. The quantitative estimate of drug-likeness (QED) is 0.590. The molecule has 2 aromatic carbocycles. The lowest BCUT2D eigenvalue weighted by Crippen LogP contribution is -2.12. The number of benzene rings is 2. The molecule has 27 heavy (non-hydrogen) atoms. The lowest BCUT2D eigenvalue weighted by atomic mass is 9.99. The van der Waals surface area contributed by atoms with E-state index in [-0.39, 0.29) is 10.3 Å². The molecular formula is C20H14N2O4S. The first kappa shape index (κ1) is 17.1. The second-order valence-corrected chi connectivity index (χ2v) is 7.50. The van der Waals surface area contributed by atoms with Crippen molar-refractivity contribution in [3.05, 3.63) is 83.3 Å². The third-order valence-corrected chi connectivity index (χ3v) is 5.12. The maximum atomic E-state index is 13.1. The predicted octanol–water partition coefficient (Wildman–Crippen LogP) is 3.17. The number of fused-ring (bicyclic) bond motifs is 1. The minimum atomic E-state index is -3.81. The number of para-hydroxylation sites is 1. The highest BCUT2D eigenvalue weighted by molar-refractivity contribution is 7.89. The van der Waals surface area contributed by atoms with E-state index in [9.17, 15) is 13.2 Å². The minimum absolute atomic E-state index is 0.0164. The Morgan fingerprint density at radius 1 is 0.889 bits per heavy atom. The highest BCUT2D eigenvalue weighted by Crippen LogP contribution is 2.32. The topological polar surface area (TPSA) is 103 Å². The van der Waals surface area contributed by atoms with Crippen LogP contribution >= 0.6 is 0 Å². The number of aromatic nitrogens is 1. The normalized spacial score (nSPS) is 11.6. The molecule has 0 aliphatic carbocycles. The fourth-order valence-electron chi connectivity index (χ4n) is 2.91. The van der Waals surface area contributed by atoms with Crippen LogP contribution in [0.15, 0.2) is 87.2 Å². The maximum Gasteiger partial charge on any atom is 0.238 e. The molecule has 0 aliphatic heterocycles. The zero-order valence-corrected chi connectivity index (χ0v) is 14.8. The fourth-order valence-corrected chi connectivity index (χ4v) is 3.43. The molecule has 0 amide bonds. The third-order valence-electron chi connectivity index (χ3n) is 4.19. The molecule has 0 unspecified atom stereocenters. The Kier molecular flexibility index (Phi) is 4.10. The van der Waals surface area contributed by atoms with Gasteiger partial charge in [0.15, 0.2) is 0 Å². The number of hydrogen-bond acceptors (Lipinski definition) is 5. The average molecular weight is 378 g/mol. The summed E-state index contributed by atoms with van der Waals surface area (Å²) in [6.45, 7) is 0. The first-order chi connectivity index (χ1) is 12.9. The Hall–Kier alpha value is -3.29. The number of pyridine rings is 1. The van der Waals surface area contributed by atoms with Gasteiger partial charge in [-0.25, -0.2) is 13.6 Å². The van der Waals surface area contributed by atoms with Crippen LogP contribution in [0.25, 0.3) is 33.4 Å². The minimum Gasteiger partial charge on any atom is -0.455 e. The SMILES string of the molecule is NS(=O)(=O)c1ccc(-c2oc3ccccc3c(=O)c2-c2cccnc2)cc1. The zero-order chi connectivity index (χ0) is 19.0. The molecule has 0 saturated carbocycles. The summed E-state index contributed by atoms with van der Waals surface area (Å²) >= 11 is 0. The molecule has 2 N–H and O–H groups in total. The van der Waals surface area contributed by atoms with E-state index >= 15 is 0 Å². The van der Waals surface area contributed by atoms with Gasteiger partial charge in [0, 0.05) is 23.5 Å². The van der Waals surface area contributed by atoms with E-state index in [1.165, 1.54) is 12.1 Å². The Labute approximate surface area is 155 Å². The van der Waals surface area contributed by atoms with Crippen LogP contribution in [0.5, 0.6) is 0 Å². The van der Waals surface area contributed by atoms with Crippen molar-refractivity contribution in [2.45, 2.75) is 4.90 Å². The average Bonchev–Trinajstić information content (AvgIpc) is 2.68. The molecule has 6 nitrogen and oxygen atoms in total. The van der Waals surface area contributed by atoms with Gasteiger partial charge < -0.3 is 4.42 Å². The van der Waals surface area contributed by atoms with Gasteiger partial charge in [-0.2, -0.15) is 0 Å². The molecule has 0 fully saturated rings. The van der Waals surface area contributed by atoms with E-state index in [2.05, 4.69) is 4.98 Å². The Morgan fingerprint density at radius 2 is 1.63 bits per heavy atom. The molecule has 4 aromatic rings. The first-order valence-corrected chi connectivity index (χ1v) is 9.59. The van der Waals surface area contributed by atoms with Crippen molar-refractivity contribution < 1.29 is 12.8 Å². The monoisotopic (exact) mass is 378 g/mol. The number of nitrogens with two attached hydrogens (primary N) is 1. The summed E-state index contributed by atoms with van der Waals surface area (Å²) in [5, 5.41) is 5.62. The van der Waals surface area contributed by atoms with Crippen LogP contribution in [0.1, 0.15) is 0 Å². The van der Waals surface area contributed by atoms with Crippen molar-refractivity contribution in [1.29, 1.82) is 0 Å². The molecular weight excluding hydrogens is 364 g/mol. The van der Waals surface area contributed by atoms with Crippen molar-refractivity contribution in [3.63, 3.8) is 0 Å². The fraction of sp³-hybridized carbons (Fsp3) is 0. The maximum absolute atomic E-state index is 13.1. The lowest BCUT2D eigenvalue weighted by molar-refractivity contribution is 0.597. The smallest absolute Gasteiger partial charge is 0.238 e. The summed E-state index contributed by atoms with van der Waals surface area (Å²) in [5.74, 6) is 0.340. The molecule has 0 bridgehead atoms. The van der Waals surface area contributed by atoms with Crippen LogP contribution in [0, 0.1) is 0 Å². The molecule has 0 saturated heterocycles. The lowest BCUT2D eigenvalue weighted by Gasteiger charge is -2.10. The summed E-state index contributed by atoms with van der Waals surface area (Å²) in [5.41, 5.74) is 1.80. The second kappa shape index (κ2) is 6.46. The summed E-state index contributed by atoms with van der Waals surface area (Å²) in [6.07, 6.45) is 3.20. The van der Waals surface area contributed by atoms with Crippen molar-refractivity contribution in [2.24, 2.45) is 5.14 Å². The molecule has 0 atom stereocenters. The van der Waals surface area contributed by atoms with E-state index in [0.717, 1.165) is 0 Å². The number of sulfonamides is 1. The predicted molar refractivity (Wildman–Crippen MR) is 103 cm³/mol.